The van der Waals surface area contributed by atoms with Crippen molar-refractivity contribution in [1.82, 2.24) is 15.1 Å². The molecule has 1 N–H and O–H groups in total. The Morgan fingerprint density at radius 2 is 2.08 bits per heavy atom. The van der Waals surface area contributed by atoms with Crippen LogP contribution in [-0.4, -0.2) is 55.5 Å². The lowest BCUT2D eigenvalue weighted by atomic mass is 9.68. The Kier molecular flexibility index (Phi) is 7.25. The lowest BCUT2D eigenvalue weighted by molar-refractivity contribution is 0.151. The molecule has 26 heavy (non-hydrogen) atoms. The largest absolute Gasteiger partial charge is 0.356 e. The second-order valence-electron chi connectivity index (χ2n) is 8.25. The first kappa shape index (κ1) is 20.4. The monoisotopic (exact) mass is 488 g/mol. The summed E-state index contributed by atoms with van der Waals surface area (Å²) >= 11 is 1.88. The van der Waals surface area contributed by atoms with Crippen molar-refractivity contribution in [2.24, 2.45) is 16.3 Å². The van der Waals surface area contributed by atoms with Crippen LogP contribution >= 0.6 is 35.3 Å². The third-order valence-electron chi connectivity index (χ3n) is 6.58. The molecule has 0 atom stereocenters. The lowest BCUT2D eigenvalue weighted by Crippen LogP contribution is -2.45. The van der Waals surface area contributed by atoms with E-state index in [4.69, 9.17) is 0 Å². The molecule has 0 aromatic carbocycles. The van der Waals surface area contributed by atoms with Crippen LogP contribution in [0.2, 0.25) is 0 Å². The molecule has 1 aliphatic carbocycles. The first-order chi connectivity index (χ1) is 12.3. The Bertz CT molecular complexity index is 577. The van der Waals surface area contributed by atoms with Gasteiger partial charge in [-0.3, -0.25) is 9.89 Å². The van der Waals surface area contributed by atoms with Gasteiger partial charge in [0.05, 0.1) is 0 Å². The van der Waals surface area contributed by atoms with Crippen LogP contribution in [0.5, 0.6) is 0 Å². The third-order valence-corrected chi connectivity index (χ3v) is 7.44. The molecule has 1 aromatic rings. The van der Waals surface area contributed by atoms with Crippen LogP contribution in [0, 0.1) is 11.3 Å². The number of hydrogen-bond acceptors (Lipinski definition) is 3. The molecule has 2 aliphatic heterocycles. The van der Waals surface area contributed by atoms with Crippen molar-refractivity contribution < 1.29 is 0 Å². The summed E-state index contributed by atoms with van der Waals surface area (Å²) in [6.07, 6.45) is 8.28. The van der Waals surface area contributed by atoms with E-state index in [0.29, 0.717) is 5.41 Å². The zero-order valence-corrected chi connectivity index (χ0v) is 19.1. The molecule has 3 heterocycles. The number of thiophene rings is 1. The van der Waals surface area contributed by atoms with Gasteiger partial charge in [0.2, 0.25) is 0 Å². The molecule has 1 aromatic heterocycles. The minimum Gasteiger partial charge on any atom is -0.356 e. The highest BCUT2D eigenvalue weighted by Crippen LogP contribution is 2.47. The molecular weight excluding hydrogens is 455 g/mol. The van der Waals surface area contributed by atoms with E-state index >= 15 is 0 Å². The third kappa shape index (κ3) is 4.73. The lowest BCUT2D eigenvalue weighted by Gasteiger charge is -2.38. The van der Waals surface area contributed by atoms with Crippen LogP contribution in [0.4, 0.5) is 0 Å². The number of hydrogen-bond donors (Lipinski definition) is 1. The van der Waals surface area contributed by atoms with Gasteiger partial charge in [0.25, 0.3) is 0 Å². The maximum atomic E-state index is 4.57. The zero-order valence-electron chi connectivity index (χ0n) is 16.0. The van der Waals surface area contributed by atoms with E-state index in [2.05, 4.69) is 37.6 Å². The van der Waals surface area contributed by atoms with Gasteiger partial charge in [0, 0.05) is 38.1 Å². The van der Waals surface area contributed by atoms with Gasteiger partial charge >= 0.3 is 0 Å². The highest BCUT2D eigenvalue weighted by molar-refractivity contribution is 14.0. The number of halogens is 1. The maximum Gasteiger partial charge on any atom is 0.193 e. The van der Waals surface area contributed by atoms with Gasteiger partial charge in [-0.1, -0.05) is 12.5 Å². The van der Waals surface area contributed by atoms with Crippen molar-refractivity contribution in [1.29, 1.82) is 0 Å². The molecule has 0 radical (unpaired) electrons. The molecule has 2 saturated heterocycles. The van der Waals surface area contributed by atoms with E-state index in [1.165, 1.54) is 69.6 Å². The van der Waals surface area contributed by atoms with Crippen LogP contribution in [0.25, 0.3) is 0 Å². The fourth-order valence-electron chi connectivity index (χ4n) is 4.74. The van der Waals surface area contributed by atoms with Crippen LogP contribution in [0.3, 0.4) is 0 Å². The summed E-state index contributed by atoms with van der Waals surface area (Å²) in [6, 6.07) is 4.42. The van der Waals surface area contributed by atoms with Gasteiger partial charge in [-0.2, -0.15) is 0 Å². The number of nitrogens with zero attached hydrogens (tertiary/aromatic N) is 3. The van der Waals surface area contributed by atoms with Crippen molar-refractivity contribution in [3.8, 4) is 0 Å². The van der Waals surface area contributed by atoms with Gasteiger partial charge < -0.3 is 10.2 Å². The molecule has 0 unspecified atom stereocenters. The van der Waals surface area contributed by atoms with Gasteiger partial charge in [-0.25, -0.2) is 0 Å². The van der Waals surface area contributed by atoms with Crippen molar-refractivity contribution in [2.75, 3.05) is 39.8 Å². The first-order valence-electron chi connectivity index (χ1n) is 9.97. The quantitative estimate of drug-likeness (QED) is 0.395. The molecule has 0 bridgehead atoms. The summed E-state index contributed by atoms with van der Waals surface area (Å²) in [5, 5.41) is 5.87. The Morgan fingerprint density at radius 1 is 1.27 bits per heavy atom. The predicted molar refractivity (Wildman–Crippen MR) is 122 cm³/mol. The summed E-state index contributed by atoms with van der Waals surface area (Å²) in [4.78, 5) is 11.2. The average molecular weight is 488 g/mol. The highest BCUT2D eigenvalue weighted by Gasteiger charge is 2.43. The van der Waals surface area contributed by atoms with Crippen molar-refractivity contribution in [2.45, 2.75) is 45.1 Å². The van der Waals surface area contributed by atoms with Gasteiger partial charge in [0.15, 0.2) is 5.96 Å². The van der Waals surface area contributed by atoms with Gasteiger partial charge in [-0.05, 0) is 68.0 Å². The van der Waals surface area contributed by atoms with E-state index in [9.17, 15) is 0 Å². The van der Waals surface area contributed by atoms with Crippen molar-refractivity contribution in [3.63, 3.8) is 0 Å². The topological polar surface area (TPSA) is 30.9 Å². The summed E-state index contributed by atoms with van der Waals surface area (Å²) in [5.74, 6) is 1.93. The second kappa shape index (κ2) is 9.24. The number of aliphatic imine (C=N–C) groups is 1. The summed E-state index contributed by atoms with van der Waals surface area (Å²) in [5.41, 5.74) is 0.644. The number of guanidine groups is 1. The smallest absolute Gasteiger partial charge is 0.193 e. The van der Waals surface area contributed by atoms with E-state index in [0.717, 1.165) is 25.0 Å². The maximum absolute atomic E-state index is 4.57. The Balaban J connectivity index is 0.00000196. The first-order valence-corrected chi connectivity index (χ1v) is 10.8. The molecule has 1 spiro atoms. The molecule has 146 valence electrons. The van der Waals surface area contributed by atoms with E-state index < -0.39 is 0 Å². The minimum atomic E-state index is 0. The normalized spacial score (nSPS) is 23.7. The Hall–Kier alpha value is -0.340. The molecule has 0 amide bonds. The summed E-state index contributed by atoms with van der Waals surface area (Å²) in [6.45, 7) is 7.11. The number of rotatable bonds is 4. The molecular formula is C20H33IN4S. The van der Waals surface area contributed by atoms with Crippen molar-refractivity contribution >= 4 is 41.3 Å². The van der Waals surface area contributed by atoms with Gasteiger partial charge in [-0.15, -0.1) is 35.3 Å². The molecule has 3 aliphatic rings. The van der Waals surface area contributed by atoms with Crippen LogP contribution in [0.15, 0.2) is 22.5 Å². The standard InChI is InChI=1S/C20H32N4S.HI/c1-21-19(24-12-9-20(16-24)7-3-8-20)22-14-17-5-10-23(11-6-17)15-18-4-2-13-25-18;/h2,4,13,17H,3,5-12,14-16H2,1H3,(H,21,22);1H. The number of piperidine rings is 1. The molecule has 1 saturated carbocycles. The average Bonchev–Trinajstić information content (AvgIpc) is 3.26. The fourth-order valence-corrected chi connectivity index (χ4v) is 5.49. The second-order valence-corrected chi connectivity index (χ2v) is 9.28. The van der Waals surface area contributed by atoms with E-state index in [-0.39, 0.29) is 24.0 Å². The Morgan fingerprint density at radius 3 is 2.65 bits per heavy atom. The van der Waals surface area contributed by atoms with E-state index in [1.54, 1.807) is 0 Å². The zero-order chi connectivity index (χ0) is 17.1. The predicted octanol–water partition coefficient (Wildman–Crippen LogP) is 4.03. The van der Waals surface area contributed by atoms with E-state index in [1.807, 2.05) is 18.4 Å². The van der Waals surface area contributed by atoms with Gasteiger partial charge in [0.1, 0.15) is 0 Å². The SMILES string of the molecule is CN=C(NCC1CCN(Cc2cccs2)CC1)N1CCC2(CCC2)C1.I. The minimum absolute atomic E-state index is 0. The number of nitrogens with one attached hydrogen (secondary N) is 1. The summed E-state index contributed by atoms with van der Waals surface area (Å²) in [7, 11) is 1.94. The van der Waals surface area contributed by atoms with Crippen molar-refractivity contribution in [3.05, 3.63) is 22.4 Å². The Labute approximate surface area is 179 Å². The summed E-state index contributed by atoms with van der Waals surface area (Å²) < 4.78 is 0. The molecule has 3 fully saturated rings. The molecule has 4 rings (SSSR count). The fraction of sp³-hybridized carbons (Fsp3) is 0.750. The van der Waals surface area contributed by atoms with Crippen LogP contribution < -0.4 is 5.32 Å². The number of likely N-dealkylation sites (tertiary alicyclic amines) is 2. The molecule has 4 nitrogen and oxygen atoms in total. The van der Waals surface area contributed by atoms with Crippen LogP contribution in [0.1, 0.15) is 43.4 Å². The molecule has 6 heteroatoms. The van der Waals surface area contributed by atoms with Crippen LogP contribution in [-0.2, 0) is 6.54 Å². The highest BCUT2D eigenvalue weighted by atomic mass is 127.